The number of anilines is 2. The van der Waals surface area contributed by atoms with Crippen LogP contribution in [-0.2, 0) is 4.79 Å². The average molecular weight is 396 g/mol. The number of nitrogens with one attached hydrogen (secondary N) is 3. The fourth-order valence-corrected chi connectivity index (χ4v) is 3.21. The standard InChI is InChI=1S/C21H24N4O4/c1-12-8-13(2)20(14(3)9-12)24-19(26)11-22-17-7-4-15(10-18(17)25(28)29)21(27)23-16-5-6-16/h4,7-10,16,22H,5-6,11H2,1-3H3,(H,23,27)(H,24,26). The molecule has 8 nitrogen and oxygen atoms in total. The monoisotopic (exact) mass is 396 g/mol. The Morgan fingerprint density at radius 2 is 1.76 bits per heavy atom. The van der Waals surface area contributed by atoms with Crippen molar-refractivity contribution in [2.45, 2.75) is 39.7 Å². The van der Waals surface area contributed by atoms with Gasteiger partial charge in [-0.05, 0) is 56.9 Å². The molecule has 0 saturated heterocycles. The third-order valence-corrected chi connectivity index (χ3v) is 4.75. The van der Waals surface area contributed by atoms with Crippen LogP contribution >= 0.6 is 0 Å². The molecule has 0 spiro atoms. The van der Waals surface area contributed by atoms with Crippen molar-refractivity contribution in [1.29, 1.82) is 0 Å². The molecule has 8 heteroatoms. The highest BCUT2D eigenvalue weighted by atomic mass is 16.6. The van der Waals surface area contributed by atoms with Crippen molar-refractivity contribution in [2.75, 3.05) is 17.2 Å². The lowest BCUT2D eigenvalue weighted by atomic mass is 10.1. The van der Waals surface area contributed by atoms with Gasteiger partial charge in [0, 0.05) is 23.4 Å². The van der Waals surface area contributed by atoms with E-state index in [1.165, 1.54) is 18.2 Å². The van der Waals surface area contributed by atoms with Gasteiger partial charge in [0.15, 0.2) is 0 Å². The molecule has 2 aromatic rings. The number of nitrogens with zero attached hydrogens (tertiary/aromatic N) is 1. The second kappa shape index (κ2) is 8.30. The Bertz CT molecular complexity index is 960. The van der Waals surface area contributed by atoms with Crippen LogP contribution in [0.25, 0.3) is 0 Å². The molecule has 1 fully saturated rings. The SMILES string of the molecule is Cc1cc(C)c(NC(=O)CNc2ccc(C(=O)NC3CC3)cc2[N+](=O)[O-])c(C)c1. The number of benzene rings is 2. The average Bonchev–Trinajstić information content (AvgIpc) is 3.46. The van der Waals surface area contributed by atoms with E-state index in [2.05, 4.69) is 16.0 Å². The normalized spacial score (nSPS) is 12.9. The molecule has 0 aromatic heterocycles. The number of hydrogen-bond acceptors (Lipinski definition) is 5. The number of rotatable bonds is 7. The summed E-state index contributed by atoms with van der Waals surface area (Å²) >= 11 is 0. The summed E-state index contributed by atoms with van der Waals surface area (Å²) in [6, 6.07) is 8.32. The van der Waals surface area contributed by atoms with Crippen LogP contribution in [0.4, 0.5) is 17.1 Å². The minimum atomic E-state index is -0.567. The Hall–Kier alpha value is -3.42. The van der Waals surface area contributed by atoms with Crippen molar-refractivity contribution >= 4 is 28.9 Å². The third-order valence-electron chi connectivity index (χ3n) is 4.75. The minimum Gasteiger partial charge on any atom is -0.371 e. The van der Waals surface area contributed by atoms with Gasteiger partial charge < -0.3 is 16.0 Å². The van der Waals surface area contributed by atoms with Crippen LogP contribution in [0.15, 0.2) is 30.3 Å². The summed E-state index contributed by atoms with van der Waals surface area (Å²) in [4.78, 5) is 35.3. The molecule has 0 aliphatic heterocycles. The summed E-state index contributed by atoms with van der Waals surface area (Å²) in [5.41, 5.74) is 3.92. The van der Waals surface area contributed by atoms with Gasteiger partial charge in [-0.15, -0.1) is 0 Å². The molecular formula is C21H24N4O4. The van der Waals surface area contributed by atoms with Gasteiger partial charge in [0.2, 0.25) is 5.91 Å². The molecule has 1 aliphatic carbocycles. The maximum absolute atomic E-state index is 12.4. The molecule has 0 bridgehead atoms. The molecule has 1 saturated carbocycles. The number of nitro groups is 1. The van der Waals surface area contributed by atoms with E-state index in [4.69, 9.17) is 0 Å². The van der Waals surface area contributed by atoms with Gasteiger partial charge in [-0.3, -0.25) is 19.7 Å². The van der Waals surface area contributed by atoms with E-state index >= 15 is 0 Å². The lowest BCUT2D eigenvalue weighted by Crippen LogP contribution is -2.25. The van der Waals surface area contributed by atoms with Gasteiger partial charge in [0.25, 0.3) is 11.6 Å². The van der Waals surface area contributed by atoms with Gasteiger partial charge in [-0.2, -0.15) is 0 Å². The summed E-state index contributed by atoms with van der Waals surface area (Å²) in [5.74, 6) is -0.643. The molecule has 0 radical (unpaired) electrons. The van der Waals surface area contributed by atoms with Crippen LogP contribution in [0.2, 0.25) is 0 Å². The van der Waals surface area contributed by atoms with E-state index in [0.717, 1.165) is 35.2 Å². The number of aryl methyl sites for hydroxylation is 3. The molecule has 0 heterocycles. The Balaban J connectivity index is 1.68. The number of carbonyl (C=O) groups is 2. The van der Waals surface area contributed by atoms with E-state index in [0.29, 0.717) is 0 Å². The molecule has 29 heavy (non-hydrogen) atoms. The quantitative estimate of drug-likeness (QED) is 0.490. The van der Waals surface area contributed by atoms with E-state index < -0.39 is 4.92 Å². The number of nitro benzene ring substituents is 1. The van der Waals surface area contributed by atoms with Gasteiger partial charge >= 0.3 is 0 Å². The molecule has 0 atom stereocenters. The Morgan fingerprint density at radius 1 is 1.10 bits per heavy atom. The molecule has 1 aliphatic rings. The Morgan fingerprint density at radius 3 is 2.34 bits per heavy atom. The van der Waals surface area contributed by atoms with Crippen LogP contribution in [0.5, 0.6) is 0 Å². The van der Waals surface area contributed by atoms with Crippen LogP contribution in [0, 0.1) is 30.9 Å². The van der Waals surface area contributed by atoms with Crippen LogP contribution in [-0.4, -0.2) is 29.3 Å². The molecule has 2 amide bonds. The maximum atomic E-state index is 12.4. The predicted octanol–water partition coefficient (Wildman–Crippen LogP) is 3.46. The minimum absolute atomic E-state index is 0.138. The lowest BCUT2D eigenvalue weighted by molar-refractivity contribution is -0.384. The first-order chi connectivity index (χ1) is 13.7. The molecule has 152 valence electrons. The van der Waals surface area contributed by atoms with Gasteiger partial charge in [-0.1, -0.05) is 17.7 Å². The number of amides is 2. The Kier molecular flexibility index (Phi) is 5.81. The molecule has 0 unspecified atom stereocenters. The van der Waals surface area contributed by atoms with Gasteiger partial charge in [0.05, 0.1) is 11.5 Å². The third kappa shape index (κ3) is 5.10. The van der Waals surface area contributed by atoms with E-state index in [9.17, 15) is 19.7 Å². The fourth-order valence-electron chi connectivity index (χ4n) is 3.21. The van der Waals surface area contributed by atoms with Crippen molar-refractivity contribution in [3.63, 3.8) is 0 Å². The highest BCUT2D eigenvalue weighted by Crippen LogP contribution is 2.27. The number of hydrogen-bond donors (Lipinski definition) is 3. The van der Waals surface area contributed by atoms with Crippen LogP contribution in [0.1, 0.15) is 39.9 Å². The van der Waals surface area contributed by atoms with Crippen LogP contribution in [0.3, 0.4) is 0 Å². The fraction of sp³-hybridized carbons (Fsp3) is 0.333. The summed E-state index contributed by atoms with van der Waals surface area (Å²) in [6.45, 7) is 5.68. The smallest absolute Gasteiger partial charge is 0.293 e. The lowest BCUT2D eigenvalue weighted by Gasteiger charge is -2.14. The van der Waals surface area contributed by atoms with Crippen LogP contribution < -0.4 is 16.0 Å². The second-order valence-electron chi connectivity index (χ2n) is 7.41. The molecule has 2 aromatic carbocycles. The van der Waals surface area contributed by atoms with Crippen molar-refractivity contribution in [1.82, 2.24) is 5.32 Å². The zero-order valence-corrected chi connectivity index (χ0v) is 16.7. The van der Waals surface area contributed by atoms with Crippen molar-refractivity contribution in [3.8, 4) is 0 Å². The highest BCUT2D eigenvalue weighted by molar-refractivity contribution is 5.97. The van der Waals surface area contributed by atoms with Gasteiger partial charge in [-0.25, -0.2) is 0 Å². The van der Waals surface area contributed by atoms with Crippen molar-refractivity contribution in [2.24, 2.45) is 0 Å². The molecular weight excluding hydrogens is 372 g/mol. The first kappa shape index (κ1) is 20.3. The van der Waals surface area contributed by atoms with Crippen molar-refractivity contribution < 1.29 is 14.5 Å². The number of carbonyl (C=O) groups excluding carboxylic acids is 2. The van der Waals surface area contributed by atoms with E-state index in [-0.39, 0.29) is 41.3 Å². The zero-order chi connectivity index (χ0) is 21.1. The first-order valence-corrected chi connectivity index (χ1v) is 9.45. The summed E-state index contributed by atoms with van der Waals surface area (Å²) in [5, 5.41) is 19.9. The molecule has 3 N–H and O–H groups in total. The zero-order valence-electron chi connectivity index (χ0n) is 16.7. The summed E-state index contributed by atoms with van der Waals surface area (Å²) < 4.78 is 0. The molecule has 3 rings (SSSR count). The largest absolute Gasteiger partial charge is 0.371 e. The highest BCUT2D eigenvalue weighted by Gasteiger charge is 2.25. The van der Waals surface area contributed by atoms with Gasteiger partial charge in [0.1, 0.15) is 5.69 Å². The summed E-state index contributed by atoms with van der Waals surface area (Å²) in [6.07, 6.45) is 1.87. The maximum Gasteiger partial charge on any atom is 0.293 e. The predicted molar refractivity (Wildman–Crippen MR) is 111 cm³/mol. The topological polar surface area (TPSA) is 113 Å². The van der Waals surface area contributed by atoms with E-state index in [1.807, 2.05) is 32.9 Å². The Labute approximate surface area is 168 Å². The summed E-state index contributed by atoms with van der Waals surface area (Å²) in [7, 11) is 0. The first-order valence-electron chi connectivity index (χ1n) is 9.45. The van der Waals surface area contributed by atoms with E-state index in [1.54, 1.807) is 0 Å². The van der Waals surface area contributed by atoms with Crippen molar-refractivity contribution in [3.05, 3.63) is 62.7 Å². The second-order valence-corrected chi connectivity index (χ2v) is 7.41.